The summed E-state index contributed by atoms with van der Waals surface area (Å²) in [7, 11) is 0. The Hall–Kier alpha value is -1.58. The molecule has 0 heterocycles. The van der Waals surface area contributed by atoms with Gasteiger partial charge in [0.25, 0.3) is 5.69 Å². The van der Waals surface area contributed by atoms with Gasteiger partial charge in [-0.2, -0.15) is 0 Å². The molecule has 14 heavy (non-hydrogen) atoms. The highest BCUT2D eigenvalue weighted by Gasteiger charge is 2.24. The first kappa shape index (κ1) is 10.5. The van der Waals surface area contributed by atoms with Crippen molar-refractivity contribution in [3.8, 4) is 5.75 Å². The molecule has 0 amide bonds. The van der Waals surface area contributed by atoms with Gasteiger partial charge < -0.3 is 5.11 Å². The smallest absolute Gasteiger partial charge is 0.273 e. The van der Waals surface area contributed by atoms with Crippen molar-refractivity contribution in [2.45, 2.75) is 26.2 Å². The molecule has 0 bridgehead atoms. The Bertz CT molecular complexity index is 366. The van der Waals surface area contributed by atoms with Crippen LogP contribution in [0, 0.1) is 10.1 Å². The summed E-state index contributed by atoms with van der Waals surface area (Å²) in [6.07, 6.45) is 0. The third kappa shape index (κ3) is 2.02. The van der Waals surface area contributed by atoms with E-state index in [0.29, 0.717) is 5.56 Å². The van der Waals surface area contributed by atoms with Crippen LogP contribution in [0.4, 0.5) is 5.69 Å². The maximum atomic E-state index is 10.7. The summed E-state index contributed by atoms with van der Waals surface area (Å²) in [6.45, 7) is 5.61. The van der Waals surface area contributed by atoms with Crippen molar-refractivity contribution in [3.63, 3.8) is 0 Å². The SMILES string of the molecule is CC(C)(C)c1cc(O)ccc1[N+](=O)[O-]. The predicted octanol–water partition coefficient (Wildman–Crippen LogP) is 2.60. The highest BCUT2D eigenvalue weighted by atomic mass is 16.6. The molecule has 0 radical (unpaired) electrons. The maximum Gasteiger partial charge on any atom is 0.273 e. The van der Waals surface area contributed by atoms with E-state index in [1.807, 2.05) is 20.8 Å². The fourth-order valence-corrected chi connectivity index (χ4v) is 1.28. The Morgan fingerprint density at radius 1 is 1.36 bits per heavy atom. The Balaban J connectivity index is 3.38. The van der Waals surface area contributed by atoms with Gasteiger partial charge in [0.1, 0.15) is 5.75 Å². The summed E-state index contributed by atoms with van der Waals surface area (Å²) in [5, 5.41) is 20.0. The number of benzene rings is 1. The lowest BCUT2D eigenvalue weighted by atomic mass is 9.86. The number of nitro benzene ring substituents is 1. The van der Waals surface area contributed by atoms with Gasteiger partial charge in [0.05, 0.1) is 4.92 Å². The first-order valence-corrected chi connectivity index (χ1v) is 4.30. The fraction of sp³-hybridized carbons (Fsp3) is 0.400. The third-order valence-corrected chi connectivity index (χ3v) is 1.98. The van der Waals surface area contributed by atoms with Crippen LogP contribution in [0.3, 0.4) is 0 Å². The number of hydrogen-bond donors (Lipinski definition) is 1. The van der Waals surface area contributed by atoms with E-state index < -0.39 is 4.92 Å². The molecule has 0 spiro atoms. The minimum Gasteiger partial charge on any atom is -0.508 e. The van der Waals surface area contributed by atoms with Gasteiger partial charge in [-0.3, -0.25) is 10.1 Å². The minimum atomic E-state index is -0.431. The van der Waals surface area contributed by atoms with Crippen molar-refractivity contribution in [2.24, 2.45) is 0 Å². The molecular weight excluding hydrogens is 182 g/mol. The van der Waals surface area contributed by atoms with Gasteiger partial charge in [0, 0.05) is 11.6 Å². The second-order valence-electron chi connectivity index (χ2n) is 4.21. The molecule has 4 heteroatoms. The first-order chi connectivity index (χ1) is 6.32. The molecule has 1 aromatic rings. The van der Waals surface area contributed by atoms with E-state index in [1.54, 1.807) is 0 Å². The van der Waals surface area contributed by atoms with E-state index in [1.165, 1.54) is 18.2 Å². The summed E-state index contributed by atoms with van der Waals surface area (Å²) in [6, 6.07) is 4.10. The second kappa shape index (κ2) is 3.29. The van der Waals surface area contributed by atoms with E-state index in [0.717, 1.165) is 0 Å². The lowest BCUT2D eigenvalue weighted by molar-refractivity contribution is -0.386. The molecule has 0 atom stereocenters. The van der Waals surface area contributed by atoms with Crippen molar-refractivity contribution in [1.29, 1.82) is 0 Å². The summed E-state index contributed by atoms with van der Waals surface area (Å²) < 4.78 is 0. The summed E-state index contributed by atoms with van der Waals surface area (Å²) >= 11 is 0. The minimum absolute atomic E-state index is 0.0512. The normalized spacial score (nSPS) is 11.4. The number of hydrogen-bond acceptors (Lipinski definition) is 3. The van der Waals surface area contributed by atoms with Crippen molar-refractivity contribution < 1.29 is 10.0 Å². The highest BCUT2D eigenvalue weighted by molar-refractivity contribution is 5.48. The molecule has 0 unspecified atom stereocenters. The van der Waals surface area contributed by atoms with E-state index in [-0.39, 0.29) is 16.9 Å². The van der Waals surface area contributed by atoms with Gasteiger partial charge in [-0.1, -0.05) is 20.8 Å². The highest BCUT2D eigenvalue weighted by Crippen LogP contribution is 2.33. The third-order valence-electron chi connectivity index (χ3n) is 1.98. The van der Waals surface area contributed by atoms with Gasteiger partial charge in [0.2, 0.25) is 0 Å². The van der Waals surface area contributed by atoms with E-state index in [9.17, 15) is 15.2 Å². The largest absolute Gasteiger partial charge is 0.508 e. The number of aromatic hydroxyl groups is 1. The quantitative estimate of drug-likeness (QED) is 0.553. The molecule has 0 aliphatic carbocycles. The van der Waals surface area contributed by atoms with Crippen LogP contribution in [0.15, 0.2) is 18.2 Å². The zero-order chi connectivity index (χ0) is 10.9. The van der Waals surface area contributed by atoms with Crippen molar-refractivity contribution >= 4 is 5.69 Å². The molecular formula is C10H13NO3. The van der Waals surface area contributed by atoms with Gasteiger partial charge >= 0.3 is 0 Å². The van der Waals surface area contributed by atoms with E-state index >= 15 is 0 Å². The van der Waals surface area contributed by atoms with Crippen molar-refractivity contribution in [1.82, 2.24) is 0 Å². The molecule has 76 valence electrons. The van der Waals surface area contributed by atoms with Crippen LogP contribution in [0.5, 0.6) is 5.75 Å². The maximum absolute atomic E-state index is 10.7. The lowest BCUT2D eigenvalue weighted by Gasteiger charge is -2.18. The Labute approximate surface area is 82.3 Å². The topological polar surface area (TPSA) is 63.4 Å². The van der Waals surface area contributed by atoms with E-state index in [4.69, 9.17) is 0 Å². The Kier molecular flexibility index (Phi) is 2.47. The summed E-state index contributed by atoms with van der Waals surface area (Å²) in [4.78, 5) is 10.3. The molecule has 0 aliphatic heterocycles. The molecule has 4 nitrogen and oxygen atoms in total. The first-order valence-electron chi connectivity index (χ1n) is 4.30. The van der Waals surface area contributed by atoms with Crippen LogP contribution < -0.4 is 0 Å². The number of phenolic OH excluding ortho intramolecular Hbond substituents is 1. The van der Waals surface area contributed by atoms with Gasteiger partial charge in [-0.25, -0.2) is 0 Å². The fourth-order valence-electron chi connectivity index (χ4n) is 1.28. The van der Waals surface area contributed by atoms with Crippen LogP contribution in [-0.4, -0.2) is 10.0 Å². The van der Waals surface area contributed by atoms with Gasteiger partial charge in [0.15, 0.2) is 0 Å². The van der Waals surface area contributed by atoms with Crippen LogP contribution in [0.1, 0.15) is 26.3 Å². The summed E-state index contributed by atoms with van der Waals surface area (Å²) in [5.74, 6) is 0.0560. The van der Waals surface area contributed by atoms with Crippen LogP contribution >= 0.6 is 0 Å². The summed E-state index contributed by atoms with van der Waals surface area (Å²) in [5.41, 5.74) is 0.249. The van der Waals surface area contributed by atoms with E-state index in [2.05, 4.69) is 0 Å². The number of rotatable bonds is 1. The number of nitrogens with zero attached hydrogens (tertiary/aromatic N) is 1. The van der Waals surface area contributed by atoms with Crippen molar-refractivity contribution in [3.05, 3.63) is 33.9 Å². The molecule has 0 saturated heterocycles. The molecule has 0 fully saturated rings. The molecule has 1 aromatic carbocycles. The van der Waals surface area contributed by atoms with Gasteiger partial charge in [-0.15, -0.1) is 0 Å². The Morgan fingerprint density at radius 2 is 1.93 bits per heavy atom. The van der Waals surface area contributed by atoms with Crippen LogP contribution in [-0.2, 0) is 5.41 Å². The number of phenols is 1. The second-order valence-corrected chi connectivity index (χ2v) is 4.21. The van der Waals surface area contributed by atoms with Crippen LogP contribution in [0.2, 0.25) is 0 Å². The monoisotopic (exact) mass is 195 g/mol. The zero-order valence-corrected chi connectivity index (χ0v) is 8.44. The molecule has 0 saturated carbocycles. The predicted molar refractivity (Wildman–Crippen MR) is 53.5 cm³/mol. The number of nitro groups is 1. The average molecular weight is 195 g/mol. The molecule has 0 aromatic heterocycles. The molecule has 0 aliphatic rings. The lowest BCUT2D eigenvalue weighted by Crippen LogP contribution is -2.13. The molecule has 1 N–H and O–H groups in total. The Morgan fingerprint density at radius 3 is 2.36 bits per heavy atom. The van der Waals surface area contributed by atoms with Crippen molar-refractivity contribution in [2.75, 3.05) is 0 Å². The average Bonchev–Trinajstić information content (AvgIpc) is 2.01. The van der Waals surface area contributed by atoms with Gasteiger partial charge in [-0.05, 0) is 17.5 Å². The van der Waals surface area contributed by atoms with Crippen LogP contribution in [0.25, 0.3) is 0 Å². The standard InChI is InChI=1S/C10H13NO3/c1-10(2,3)8-6-7(12)4-5-9(8)11(13)14/h4-6,12H,1-3H3. The zero-order valence-electron chi connectivity index (χ0n) is 8.44. The molecule has 1 rings (SSSR count).